The Bertz CT molecular complexity index is 432. The molecule has 0 amide bonds. The van der Waals surface area contributed by atoms with Crippen molar-refractivity contribution in [3.8, 4) is 17.6 Å². The lowest BCUT2D eigenvalue weighted by Gasteiger charge is -2.14. The van der Waals surface area contributed by atoms with Gasteiger partial charge >= 0.3 is 13.2 Å². The second-order valence-corrected chi connectivity index (χ2v) is 3.16. The van der Waals surface area contributed by atoms with Gasteiger partial charge in [0.05, 0.1) is 6.07 Å². The molecule has 0 N–H and O–H groups in total. The second kappa shape index (κ2) is 6.69. The fourth-order valence-electron chi connectivity index (χ4n) is 1.36. The minimum atomic E-state index is -3.16. The van der Waals surface area contributed by atoms with Gasteiger partial charge in [0.25, 0.3) is 0 Å². The maximum atomic E-state index is 12.2. The number of halogens is 4. The molecule has 98 valence electrons. The van der Waals surface area contributed by atoms with E-state index in [4.69, 9.17) is 5.26 Å². The number of aryl methyl sites for hydroxylation is 1. The Morgan fingerprint density at radius 2 is 1.78 bits per heavy atom. The summed E-state index contributed by atoms with van der Waals surface area (Å²) < 4.78 is 56.9. The fraction of sp³-hybridized carbons (Fsp3) is 0.364. The summed E-state index contributed by atoms with van der Waals surface area (Å²) in [7, 11) is 0. The van der Waals surface area contributed by atoms with E-state index in [1.54, 1.807) is 0 Å². The van der Waals surface area contributed by atoms with Gasteiger partial charge in [0.15, 0.2) is 11.5 Å². The average Bonchev–Trinajstić information content (AvgIpc) is 2.28. The molecule has 0 radical (unpaired) electrons. The number of benzene rings is 1. The largest absolute Gasteiger partial charge is 0.431 e. The first kappa shape index (κ1) is 14.1. The zero-order valence-corrected chi connectivity index (χ0v) is 9.08. The summed E-state index contributed by atoms with van der Waals surface area (Å²) in [6.07, 6.45) is 0.163. The Balaban J connectivity index is 3.04. The second-order valence-electron chi connectivity index (χ2n) is 3.16. The maximum Gasteiger partial charge on any atom is 0.387 e. The molecule has 0 bridgehead atoms. The van der Waals surface area contributed by atoms with E-state index in [-0.39, 0.29) is 18.4 Å². The Hall–Kier alpha value is -1.97. The van der Waals surface area contributed by atoms with Crippen LogP contribution >= 0.6 is 0 Å². The molecule has 0 aromatic heterocycles. The van der Waals surface area contributed by atoms with Gasteiger partial charge in [0, 0.05) is 6.42 Å². The highest BCUT2D eigenvalue weighted by atomic mass is 19.3. The van der Waals surface area contributed by atoms with Gasteiger partial charge in [-0.25, -0.2) is 0 Å². The third kappa shape index (κ3) is 4.13. The van der Waals surface area contributed by atoms with E-state index >= 15 is 0 Å². The van der Waals surface area contributed by atoms with E-state index in [0.717, 1.165) is 6.07 Å². The van der Waals surface area contributed by atoms with E-state index in [2.05, 4.69) is 9.47 Å². The topological polar surface area (TPSA) is 42.2 Å². The van der Waals surface area contributed by atoms with Gasteiger partial charge in [-0.1, -0.05) is 12.1 Å². The van der Waals surface area contributed by atoms with Gasteiger partial charge in [0.2, 0.25) is 0 Å². The van der Waals surface area contributed by atoms with Crippen LogP contribution in [-0.4, -0.2) is 13.2 Å². The van der Waals surface area contributed by atoms with Crippen molar-refractivity contribution in [1.82, 2.24) is 0 Å². The van der Waals surface area contributed by atoms with Crippen molar-refractivity contribution in [2.45, 2.75) is 26.1 Å². The standard InChI is InChI=1S/C11H9F4NO2/c12-10(13)17-8-5-1-3-7(4-2-6-16)9(8)18-11(14)15/h1,3,5,10-11H,2,4H2. The minimum absolute atomic E-state index is 0.0533. The molecule has 0 aliphatic heterocycles. The Kier molecular flexibility index (Phi) is 5.24. The van der Waals surface area contributed by atoms with Crippen LogP contribution in [0.4, 0.5) is 17.6 Å². The highest BCUT2D eigenvalue weighted by Crippen LogP contribution is 2.34. The van der Waals surface area contributed by atoms with Crippen LogP contribution in [0.3, 0.4) is 0 Å². The highest BCUT2D eigenvalue weighted by molar-refractivity contribution is 5.47. The Morgan fingerprint density at radius 3 is 2.33 bits per heavy atom. The molecular weight excluding hydrogens is 254 g/mol. The Morgan fingerprint density at radius 1 is 1.11 bits per heavy atom. The summed E-state index contributed by atoms with van der Waals surface area (Å²) in [5, 5.41) is 8.42. The highest BCUT2D eigenvalue weighted by Gasteiger charge is 2.18. The van der Waals surface area contributed by atoms with Crippen LogP contribution in [-0.2, 0) is 6.42 Å². The SMILES string of the molecule is N#CCCc1cccc(OC(F)F)c1OC(F)F. The van der Waals surface area contributed by atoms with Crippen LogP contribution in [0, 0.1) is 11.3 Å². The van der Waals surface area contributed by atoms with Crippen LogP contribution in [0.1, 0.15) is 12.0 Å². The van der Waals surface area contributed by atoms with Gasteiger partial charge < -0.3 is 9.47 Å². The minimum Gasteiger partial charge on any atom is -0.431 e. The van der Waals surface area contributed by atoms with Crippen molar-refractivity contribution in [3.05, 3.63) is 23.8 Å². The Labute approximate surface area is 101 Å². The van der Waals surface area contributed by atoms with Gasteiger partial charge in [-0.3, -0.25) is 0 Å². The number of para-hydroxylation sites is 1. The molecule has 18 heavy (non-hydrogen) atoms. The molecule has 0 spiro atoms. The summed E-state index contributed by atoms with van der Waals surface area (Å²) in [6, 6.07) is 5.70. The first-order valence-electron chi connectivity index (χ1n) is 4.93. The van der Waals surface area contributed by atoms with Gasteiger partial charge in [-0.05, 0) is 18.1 Å². The van der Waals surface area contributed by atoms with Crippen LogP contribution in [0.2, 0.25) is 0 Å². The van der Waals surface area contributed by atoms with Crippen LogP contribution in [0.5, 0.6) is 11.5 Å². The molecule has 7 heteroatoms. The molecule has 1 rings (SSSR count). The predicted octanol–water partition coefficient (Wildman–Crippen LogP) is 3.35. The van der Waals surface area contributed by atoms with E-state index in [0.29, 0.717) is 0 Å². The number of hydrogen-bond acceptors (Lipinski definition) is 3. The molecule has 0 atom stereocenters. The van der Waals surface area contributed by atoms with Crippen molar-refractivity contribution in [3.63, 3.8) is 0 Å². The van der Waals surface area contributed by atoms with Crippen molar-refractivity contribution >= 4 is 0 Å². The number of ether oxygens (including phenoxy) is 2. The van der Waals surface area contributed by atoms with Gasteiger partial charge in [-0.2, -0.15) is 22.8 Å². The lowest BCUT2D eigenvalue weighted by atomic mass is 10.1. The molecule has 3 nitrogen and oxygen atoms in total. The van der Waals surface area contributed by atoms with Gasteiger partial charge in [0.1, 0.15) is 0 Å². The van der Waals surface area contributed by atoms with E-state index in [9.17, 15) is 17.6 Å². The van der Waals surface area contributed by atoms with Crippen LogP contribution in [0.25, 0.3) is 0 Å². The van der Waals surface area contributed by atoms with Crippen molar-refractivity contribution in [1.29, 1.82) is 5.26 Å². The predicted molar refractivity (Wildman–Crippen MR) is 53.6 cm³/mol. The summed E-state index contributed by atoms with van der Waals surface area (Å²) >= 11 is 0. The molecule has 0 heterocycles. The van der Waals surface area contributed by atoms with Gasteiger partial charge in [-0.15, -0.1) is 0 Å². The summed E-state index contributed by atoms with van der Waals surface area (Å²) in [4.78, 5) is 0. The third-order valence-electron chi connectivity index (χ3n) is 1.99. The van der Waals surface area contributed by atoms with Crippen molar-refractivity contribution in [2.75, 3.05) is 0 Å². The molecular formula is C11H9F4NO2. The maximum absolute atomic E-state index is 12.2. The first-order chi connectivity index (χ1) is 8.54. The lowest BCUT2D eigenvalue weighted by Crippen LogP contribution is -2.09. The summed E-state index contributed by atoms with van der Waals surface area (Å²) in [5.41, 5.74) is 0.218. The number of nitrogens with zero attached hydrogens (tertiary/aromatic N) is 1. The average molecular weight is 263 g/mol. The summed E-state index contributed by atoms with van der Waals surface area (Å²) in [5.74, 6) is -0.927. The lowest BCUT2D eigenvalue weighted by molar-refractivity contribution is -0.0696. The quantitative estimate of drug-likeness (QED) is 0.739. The smallest absolute Gasteiger partial charge is 0.387 e. The monoisotopic (exact) mass is 263 g/mol. The molecule has 0 unspecified atom stereocenters. The van der Waals surface area contributed by atoms with Crippen molar-refractivity contribution in [2.24, 2.45) is 0 Å². The van der Waals surface area contributed by atoms with E-state index < -0.39 is 24.7 Å². The molecule has 0 fully saturated rings. The van der Waals surface area contributed by atoms with Crippen molar-refractivity contribution < 1.29 is 27.0 Å². The normalized spacial score (nSPS) is 10.5. The number of nitriles is 1. The number of alkyl halides is 4. The zero-order chi connectivity index (χ0) is 13.5. The first-order valence-corrected chi connectivity index (χ1v) is 4.93. The number of hydrogen-bond donors (Lipinski definition) is 0. The van der Waals surface area contributed by atoms with E-state index in [1.165, 1.54) is 12.1 Å². The summed E-state index contributed by atoms with van der Waals surface area (Å²) in [6.45, 7) is -6.30. The molecule has 0 aliphatic carbocycles. The number of rotatable bonds is 6. The zero-order valence-electron chi connectivity index (χ0n) is 9.08. The van der Waals surface area contributed by atoms with Crippen LogP contribution in [0.15, 0.2) is 18.2 Å². The van der Waals surface area contributed by atoms with E-state index in [1.807, 2.05) is 6.07 Å². The fourth-order valence-corrected chi connectivity index (χ4v) is 1.36. The molecule has 0 saturated heterocycles. The molecule has 0 saturated carbocycles. The third-order valence-corrected chi connectivity index (χ3v) is 1.99. The molecule has 0 aliphatic rings. The molecule has 1 aromatic carbocycles. The van der Waals surface area contributed by atoms with Crippen LogP contribution < -0.4 is 9.47 Å². The molecule has 1 aromatic rings.